The molecule has 2 aliphatic carbocycles. The summed E-state index contributed by atoms with van der Waals surface area (Å²) in [7, 11) is 0. The van der Waals surface area contributed by atoms with E-state index in [1.54, 1.807) is 6.92 Å². The number of aromatic nitrogens is 1. The van der Waals surface area contributed by atoms with Gasteiger partial charge in [-0.05, 0) is 31.9 Å². The van der Waals surface area contributed by atoms with Crippen LogP contribution < -0.4 is 0 Å². The van der Waals surface area contributed by atoms with Crippen molar-refractivity contribution >= 4 is 47.8 Å². The molecular weight excluding hydrogens is 742 g/mol. The van der Waals surface area contributed by atoms with Gasteiger partial charge in [-0.15, -0.1) is 0 Å². The first-order valence-corrected chi connectivity index (χ1v) is 18.2. The topological polar surface area (TPSA) is 233 Å². The maximum Gasteiger partial charge on any atom is 0.340 e. The van der Waals surface area contributed by atoms with Gasteiger partial charge in [0.25, 0.3) is 0 Å². The lowest BCUT2D eigenvalue weighted by molar-refractivity contribution is -0.349. The smallest absolute Gasteiger partial charge is 0.340 e. The quantitative estimate of drug-likeness (QED) is 0.283. The summed E-state index contributed by atoms with van der Waals surface area (Å²) in [5.74, 6) is -10.7. The molecule has 1 aromatic heterocycles. The fourth-order valence-electron chi connectivity index (χ4n) is 9.15. The van der Waals surface area contributed by atoms with Crippen molar-refractivity contribution in [2.75, 3.05) is 13.2 Å². The van der Waals surface area contributed by atoms with Crippen molar-refractivity contribution in [2.45, 2.75) is 123 Å². The molecule has 306 valence electrons. The first kappa shape index (κ1) is 42.0. The van der Waals surface area contributed by atoms with Crippen LogP contribution in [-0.2, 0) is 82.6 Å². The van der Waals surface area contributed by atoms with Crippen molar-refractivity contribution in [1.82, 2.24) is 4.98 Å². The minimum absolute atomic E-state index is 0.0812. The van der Waals surface area contributed by atoms with Crippen LogP contribution in [0.25, 0.3) is 0 Å². The second kappa shape index (κ2) is 15.8. The number of cyclic esters (lactones) is 1. The summed E-state index contributed by atoms with van der Waals surface area (Å²) in [5, 5.41) is 0. The van der Waals surface area contributed by atoms with Gasteiger partial charge in [-0.25, -0.2) is 4.79 Å². The number of ether oxygens (including phenoxy) is 9. The molecule has 12 atom stereocenters. The van der Waals surface area contributed by atoms with Crippen LogP contribution in [-0.4, -0.2) is 114 Å². The number of nitrogens with zero attached hydrogens (tertiary/aromatic N) is 1. The van der Waals surface area contributed by atoms with E-state index in [1.165, 1.54) is 32.2 Å². The number of carbonyl (C=O) groups is 8. The number of aryl methyl sites for hydroxylation is 1. The van der Waals surface area contributed by atoms with Crippen LogP contribution in [0.5, 0.6) is 0 Å². The Kier molecular flexibility index (Phi) is 11.8. The Balaban J connectivity index is 1.95. The number of carbonyl (C=O) groups excluding carboxylic acids is 8. The van der Waals surface area contributed by atoms with Crippen LogP contribution in [0.15, 0.2) is 18.3 Å². The summed E-state index contributed by atoms with van der Waals surface area (Å²) in [6, 6.07) is 3.02. The van der Waals surface area contributed by atoms with Crippen LogP contribution in [0.2, 0.25) is 0 Å². The molecule has 2 saturated carbocycles. The zero-order chi connectivity index (χ0) is 41.5. The molecule has 1 spiro atoms. The van der Waals surface area contributed by atoms with E-state index in [1.807, 2.05) is 0 Å². The van der Waals surface area contributed by atoms with E-state index in [2.05, 4.69) is 4.98 Å². The zero-order valence-corrected chi connectivity index (χ0v) is 32.6. The van der Waals surface area contributed by atoms with Gasteiger partial charge >= 0.3 is 47.8 Å². The molecular formula is C38H47NO17. The Bertz CT molecular complexity index is 1800. The highest BCUT2D eigenvalue weighted by Crippen LogP contribution is 2.69. The molecule has 2 aliphatic heterocycles. The number of rotatable bonds is 7. The molecule has 1 aromatic rings. The summed E-state index contributed by atoms with van der Waals surface area (Å²) in [6.45, 7) is 9.45. The van der Waals surface area contributed by atoms with Gasteiger partial charge in [0.1, 0.15) is 48.1 Å². The summed E-state index contributed by atoms with van der Waals surface area (Å²) in [5.41, 5.74) is -5.99. The highest BCUT2D eigenvalue weighted by atomic mass is 16.7. The second-order valence-electron chi connectivity index (χ2n) is 15.0. The summed E-state index contributed by atoms with van der Waals surface area (Å²) in [4.78, 5) is 111. The van der Waals surface area contributed by atoms with Crippen LogP contribution in [0, 0.1) is 23.2 Å². The van der Waals surface area contributed by atoms with Crippen LogP contribution in [0.1, 0.15) is 84.8 Å². The van der Waals surface area contributed by atoms with E-state index in [9.17, 15) is 38.4 Å². The predicted octanol–water partition coefficient (Wildman–Crippen LogP) is 1.75. The van der Waals surface area contributed by atoms with Crippen molar-refractivity contribution in [3.8, 4) is 0 Å². The van der Waals surface area contributed by atoms with Crippen molar-refractivity contribution in [3.63, 3.8) is 0 Å². The van der Waals surface area contributed by atoms with E-state index in [4.69, 9.17) is 42.6 Å². The lowest BCUT2D eigenvalue weighted by Crippen LogP contribution is -2.84. The predicted molar refractivity (Wildman–Crippen MR) is 184 cm³/mol. The molecule has 0 aromatic carbocycles. The largest absolute Gasteiger partial charge is 0.465 e. The van der Waals surface area contributed by atoms with Crippen molar-refractivity contribution in [2.24, 2.45) is 23.2 Å². The van der Waals surface area contributed by atoms with Crippen molar-refractivity contribution in [3.05, 3.63) is 29.6 Å². The molecule has 3 fully saturated rings. The molecule has 3 heterocycles. The number of fused-ring (bicyclic) bond motifs is 5. The zero-order valence-electron chi connectivity index (χ0n) is 32.6. The van der Waals surface area contributed by atoms with Gasteiger partial charge in [-0.3, -0.25) is 38.5 Å². The molecule has 0 unspecified atom stereocenters. The van der Waals surface area contributed by atoms with Crippen molar-refractivity contribution in [1.29, 1.82) is 0 Å². The number of esters is 8. The number of hydrogen-bond acceptors (Lipinski definition) is 18. The van der Waals surface area contributed by atoms with Gasteiger partial charge in [-0.2, -0.15) is 0 Å². The van der Waals surface area contributed by atoms with Gasteiger partial charge in [0.05, 0.1) is 23.1 Å². The molecule has 4 bridgehead atoms. The molecule has 1 saturated heterocycles. The average molecular weight is 790 g/mol. The Labute approximate surface area is 322 Å². The normalized spacial score (nSPS) is 36.2. The standard InChI is InChI=1S/C38H47NO17/c1-17-12-13-26-25(11-10-14-39-26)35(47)49-15-36(9)27-29(50-20(4)41)32(53-23(7)44)37(16-48-19(3)40)33(54-24(8)45)30(51-21(5)42)28(55-34(17)46)18(2)38(37,56-36)31(27)52-22(6)43/h10-11,14,17-18,27-33H,12-13,15-16H2,1-9H3/t17-,18+,27-,28-,29-,30+,31+,32+,33+,36-,37+,38-/m0/s1. The minimum Gasteiger partial charge on any atom is -0.465 e. The van der Waals surface area contributed by atoms with Gasteiger partial charge < -0.3 is 42.6 Å². The molecule has 18 heteroatoms. The fourth-order valence-corrected chi connectivity index (χ4v) is 9.15. The minimum atomic E-state index is -2.31. The molecule has 5 rings (SSSR count). The van der Waals surface area contributed by atoms with E-state index in [-0.39, 0.29) is 18.4 Å². The molecule has 0 radical (unpaired) electrons. The maximum atomic E-state index is 14.1. The van der Waals surface area contributed by atoms with Crippen molar-refractivity contribution < 1.29 is 81.0 Å². The van der Waals surface area contributed by atoms with E-state index >= 15 is 0 Å². The Morgan fingerprint density at radius 2 is 1.34 bits per heavy atom. The fraction of sp³-hybridized carbons (Fsp3) is 0.658. The van der Waals surface area contributed by atoms with Crippen LogP contribution >= 0.6 is 0 Å². The Morgan fingerprint density at radius 1 is 0.786 bits per heavy atom. The number of pyridine rings is 1. The molecule has 4 aliphatic rings. The maximum absolute atomic E-state index is 14.1. The summed E-state index contributed by atoms with van der Waals surface area (Å²) in [6.07, 6.45) is -8.56. The third-order valence-electron chi connectivity index (χ3n) is 11.1. The molecule has 0 amide bonds. The first-order valence-electron chi connectivity index (χ1n) is 18.2. The van der Waals surface area contributed by atoms with E-state index < -0.39 is 132 Å². The third kappa shape index (κ3) is 7.30. The lowest BCUT2D eigenvalue weighted by Gasteiger charge is -2.65. The van der Waals surface area contributed by atoms with Gasteiger partial charge in [-0.1, -0.05) is 13.8 Å². The molecule has 0 N–H and O–H groups in total. The van der Waals surface area contributed by atoms with Gasteiger partial charge in [0, 0.05) is 53.7 Å². The lowest BCUT2D eigenvalue weighted by atomic mass is 9.46. The monoisotopic (exact) mass is 789 g/mol. The van der Waals surface area contributed by atoms with Crippen LogP contribution in [0.3, 0.4) is 0 Å². The van der Waals surface area contributed by atoms with E-state index in [0.29, 0.717) is 5.69 Å². The Hall–Kier alpha value is -5.13. The highest BCUT2D eigenvalue weighted by molar-refractivity contribution is 5.90. The first-order chi connectivity index (χ1) is 26.2. The SMILES string of the molecule is CC(=O)OC[C@@]12[C@H](OC(C)=O)[C@H](OC(C)=O)[C@H]3OC(=O)[C@@H](C)CCc4ncccc4C(=O)OC[C@]4(C)O[C@@]1([C@@H]3C)[C@H](OC(C)=O)[C@@H]4[C@H](OC(C)=O)[C@H]2OC(C)=O. The Morgan fingerprint density at radius 3 is 1.91 bits per heavy atom. The average Bonchev–Trinajstić information content (AvgIpc) is 3.31. The second-order valence-corrected chi connectivity index (χ2v) is 15.0. The summed E-state index contributed by atoms with van der Waals surface area (Å²) < 4.78 is 55.0. The highest BCUT2D eigenvalue weighted by Gasteiger charge is 2.88. The third-order valence-corrected chi connectivity index (χ3v) is 11.1. The molecule has 18 nitrogen and oxygen atoms in total. The summed E-state index contributed by atoms with van der Waals surface area (Å²) >= 11 is 0. The van der Waals surface area contributed by atoms with Gasteiger partial charge in [0.2, 0.25) is 0 Å². The van der Waals surface area contributed by atoms with Crippen LogP contribution in [0.4, 0.5) is 0 Å². The molecule has 56 heavy (non-hydrogen) atoms. The van der Waals surface area contributed by atoms with E-state index in [0.717, 1.165) is 41.5 Å². The number of hydrogen-bond donors (Lipinski definition) is 0. The van der Waals surface area contributed by atoms with Gasteiger partial charge in [0.15, 0.2) is 18.3 Å².